The highest BCUT2D eigenvalue weighted by atomic mass is 19.1. The number of pyridine rings is 1. The minimum Gasteiger partial charge on any atom is -0.497 e. The van der Waals surface area contributed by atoms with Crippen molar-refractivity contribution in [2.75, 3.05) is 38.3 Å². The van der Waals surface area contributed by atoms with E-state index in [2.05, 4.69) is 43.6 Å². The molecule has 0 radical (unpaired) electrons. The Kier molecular flexibility index (Phi) is 5.39. The molecule has 2 aliphatic heterocycles. The molecule has 0 unspecified atom stereocenters. The Morgan fingerprint density at radius 1 is 1.09 bits per heavy atom. The number of H-pyrrole nitrogens is 1. The molecule has 2 fully saturated rings. The maximum Gasteiger partial charge on any atom is 0.127 e. The summed E-state index contributed by atoms with van der Waals surface area (Å²) in [4.78, 5) is 6.92. The van der Waals surface area contributed by atoms with Crippen LogP contribution in [0.2, 0.25) is 0 Å². The average molecular weight is 460 g/mol. The van der Waals surface area contributed by atoms with Crippen LogP contribution < -0.4 is 15.0 Å². The van der Waals surface area contributed by atoms with Gasteiger partial charge in [0.25, 0.3) is 0 Å². The fourth-order valence-corrected chi connectivity index (χ4v) is 5.13. The van der Waals surface area contributed by atoms with Crippen LogP contribution in [0.5, 0.6) is 5.75 Å². The number of ether oxygens (including phenoxy) is 2. The number of benzene rings is 2. The van der Waals surface area contributed by atoms with Crippen LogP contribution in [0.4, 0.5) is 10.1 Å². The van der Waals surface area contributed by atoms with E-state index in [9.17, 15) is 4.39 Å². The third kappa shape index (κ3) is 3.78. The van der Waals surface area contributed by atoms with E-state index in [0.717, 1.165) is 64.9 Å². The van der Waals surface area contributed by atoms with E-state index in [1.807, 2.05) is 24.7 Å². The van der Waals surface area contributed by atoms with Gasteiger partial charge in [-0.15, -0.1) is 0 Å². The molecule has 4 aromatic rings. The summed E-state index contributed by atoms with van der Waals surface area (Å²) in [5.74, 6) is 0.131. The van der Waals surface area contributed by atoms with Crippen molar-refractivity contribution in [3.8, 4) is 28.0 Å². The average Bonchev–Trinajstić information content (AvgIpc) is 3.35. The first kappa shape index (κ1) is 21.1. The minimum atomic E-state index is -0.344. The van der Waals surface area contributed by atoms with Crippen LogP contribution in [-0.4, -0.2) is 60.7 Å². The molecule has 2 aromatic heterocycles. The zero-order chi connectivity index (χ0) is 23.1. The standard InChI is InChI=1S/C26H26FN5O2/c1-33-20-9-18(8-19(27)11-20)22-14-28-13-21(16-2-3-17-12-30-31-24(17)10-16)26(22)32-6-4-23-25(15-32)34-7-5-29-23/h2-3,8-14,23,25,29H,4-7,15H2,1H3,(H,30,31)/t23-,25-/m1/s1. The Labute approximate surface area is 196 Å². The lowest BCUT2D eigenvalue weighted by molar-refractivity contribution is -0.00899. The summed E-state index contributed by atoms with van der Waals surface area (Å²) >= 11 is 0. The first-order valence-electron chi connectivity index (χ1n) is 11.6. The zero-order valence-electron chi connectivity index (χ0n) is 18.9. The van der Waals surface area contributed by atoms with E-state index in [1.165, 1.54) is 12.1 Å². The Hall–Kier alpha value is -3.49. The van der Waals surface area contributed by atoms with Gasteiger partial charge in [-0.2, -0.15) is 5.10 Å². The minimum absolute atomic E-state index is 0.105. The van der Waals surface area contributed by atoms with Gasteiger partial charge in [0.2, 0.25) is 0 Å². The van der Waals surface area contributed by atoms with Crippen LogP contribution in [-0.2, 0) is 4.74 Å². The van der Waals surface area contributed by atoms with E-state index in [4.69, 9.17) is 9.47 Å². The smallest absolute Gasteiger partial charge is 0.127 e. The molecule has 2 saturated heterocycles. The summed E-state index contributed by atoms with van der Waals surface area (Å²) in [6, 6.07) is 11.4. The summed E-state index contributed by atoms with van der Waals surface area (Å²) in [6.07, 6.45) is 6.59. The molecule has 0 spiro atoms. The summed E-state index contributed by atoms with van der Waals surface area (Å²) in [5.41, 5.74) is 5.58. The van der Waals surface area contributed by atoms with Crippen molar-refractivity contribution in [3.05, 3.63) is 60.8 Å². The number of piperidine rings is 1. The van der Waals surface area contributed by atoms with Crippen LogP contribution in [0.25, 0.3) is 33.2 Å². The number of nitrogens with zero attached hydrogens (tertiary/aromatic N) is 3. The molecule has 2 N–H and O–H groups in total. The zero-order valence-corrected chi connectivity index (χ0v) is 18.9. The van der Waals surface area contributed by atoms with Crippen LogP contribution >= 0.6 is 0 Å². The van der Waals surface area contributed by atoms with Gasteiger partial charge in [-0.25, -0.2) is 4.39 Å². The molecule has 0 saturated carbocycles. The quantitative estimate of drug-likeness (QED) is 0.480. The molecule has 34 heavy (non-hydrogen) atoms. The molecule has 4 heterocycles. The second-order valence-electron chi connectivity index (χ2n) is 8.84. The molecule has 2 aromatic carbocycles. The van der Waals surface area contributed by atoms with Crippen molar-refractivity contribution in [3.63, 3.8) is 0 Å². The molecule has 0 bridgehead atoms. The second-order valence-corrected chi connectivity index (χ2v) is 8.84. The first-order chi connectivity index (χ1) is 16.7. The maximum absolute atomic E-state index is 14.5. The number of anilines is 1. The normalized spacial score (nSPS) is 20.4. The van der Waals surface area contributed by atoms with Gasteiger partial charge in [0.05, 0.1) is 37.2 Å². The number of aromatic nitrogens is 3. The highest BCUT2D eigenvalue weighted by molar-refractivity contribution is 5.93. The van der Waals surface area contributed by atoms with Gasteiger partial charge < -0.3 is 19.7 Å². The van der Waals surface area contributed by atoms with Gasteiger partial charge in [-0.1, -0.05) is 12.1 Å². The van der Waals surface area contributed by atoms with Crippen molar-refractivity contribution >= 4 is 16.6 Å². The molecular weight excluding hydrogens is 433 g/mol. The Bertz CT molecular complexity index is 1340. The molecular formula is C26H26FN5O2. The number of hydrogen-bond acceptors (Lipinski definition) is 6. The van der Waals surface area contributed by atoms with Crippen LogP contribution in [0, 0.1) is 5.82 Å². The van der Waals surface area contributed by atoms with Crippen LogP contribution in [0.15, 0.2) is 55.0 Å². The van der Waals surface area contributed by atoms with Gasteiger partial charge in [0.15, 0.2) is 0 Å². The largest absolute Gasteiger partial charge is 0.497 e. The number of methoxy groups -OCH3 is 1. The monoisotopic (exact) mass is 459 g/mol. The number of halogens is 1. The summed E-state index contributed by atoms with van der Waals surface area (Å²) in [5, 5.41) is 11.8. The van der Waals surface area contributed by atoms with Gasteiger partial charge in [-0.05, 0) is 35.7 Å². The first-order valence-corrected chi connectivity index (χ1v) is 11.6. The van der Waals surface area contributed by atoms with Crippen molar-refractivity contribution in [1.29, 1.82) is 0 Å². The topological polar surface area (TPSA) is 75.3 Å². The molecule has 2 aliphatic rings. The Morgan fingerprint density at radius 2 is 1.97 bits per heavy atom. The highest BCUT2D eigenvalue weighted by Crippen LogP contribution is 2.42. The van der Waals surface area contributed by atoms with Gasteiger partial charge in [0, 0.05) is 60.6 Å². The van der Waals surface area contributed by atoms with Crippen molar-refractivity contribution in [2.45, 2.75) is 18.6 Å². The van der Waals surface area contributed by atoms with E-state index >= 15 is 0 Å². The molecule has 8 heteroatoms. The van der Waals surface area contributed by atoms with Crippen molar-refractivity contribution in [1.82, 2.24) is 20.5 Å². The van der Waals surface area contributed by atoms with Crippen LogP contribution in [0.3, 0.4) is 0 Å². The lowest BCUT2D eigenvalue weighted by Gasteiger charge is -2.43. The highest BCUT2D eigenvalue weighted by Gasteiger charge is 2.34. The lowest BCUT2D eigenvalue weighted by atomic mass is 9.94. The van der Waals surface area contributed by atoms with Gasteiger partial charge >= 0.3 is 0 Å². The third-order valence-electron chi connectivity index (χ3n) is 6.80. The van der Waals surface area contributed by atoms with Crippen molar-refractivity contribution < 1.29 is 13.9 Å². The lowest BCUT2D eigenvalue weighted by Crippen LogP contribution is -2.57. The van der Waals surface area contributed by atoms with Crippen molar-refractivity contribution in [2.24, 2.45) is 0 Å². The Morgan fingerprint density at radius 3 is 2.85 bits per heavy atom. The predicted octanol–water partition coefficient (Wildman–Crippen LogP) is 4.01. The maximum atomic E-state index is 14.5. The summed E-state index contributed by atoms with van der Waals surface area (Å²) in [7, 11) is 1.55. The van der Waals surface area contributed by atoms with Crippen LogP contribution in [0.1, 0.15) is 6.42 Å². The molecule has 7 nitrogen and oxygen atoms in total. The number of hydrogen-bond donors (Lipinski definition) is 2. The fourth-order valence-electron chi connectivity index (χ4n) is 5.13. The Balaban J connectivity index is 1.51. The number of fused-ring (bicyclic) bond motifs is 2. The number of morpholine rings is 1. The van der Waals surface area contributed by atoms with E-state index in [1.54, 1.807) is 7.11 Å². The number of rotatable bonds is 4. The fraction of sp³-hybridized carbons (Fsp3) is 0.308. The summed E-state index contributed by atoms with van der Waals surface area (Å²) in [6.45, 7) is 3.21. The van der Waals surface area contributed by atoms with E-state index in [0.29, 0.717) is 18.4 Å². The van der Waals surface area contributed by atoms with E-state index < -0.39 is 0 Å². The van der Waals surface area contributed by atoms with Gasteiger partial charge in [0.1, 0.15) is 11.6 Å². The summed E-state index contributed by atoms with van der Waals surface area (Å²) < 4.78 is 26.0. The molecule has 0 amide bonds. The SMILES string of the molecule is COc1cc(F)cc(-c2cncc(-c3ccc4cn[nH]c4c3)c2N2CC[C@H]3NCCO[C@@H]3C2)c1. The molecule has 6 rings (SSSR count). The number of nitrogens with one attached hydrogen (secondary N) is 2. The predicted molar refractivity (Wildman–Crippen MR) is 130 cm³/mol. The molecule has 174 valence electrons. The molecule has 0 aliphatic carbocycles. The third-order valence-corrected chi connectivity index (χ3v) is 6.80. The number of aromatic amines is 1. The van der Waals surface area contributed by atoms with E-state index in [-0.39, 0.29) is 11.9 Å². The van der Waals surface area contributed by atoms with Gasteiger partial charge in [-0.3, -0.25) is 10.1 Å². The molecule has 2 atom stereocenters. The second kappa shape index (κ2) is 8.70.